The van der Waals surface area contributed by atoms with Crippen molar-refractivity contribution < 1.29 is 14.7 Å². The minimum Gasteiger partial charge on any atom is -0.393 e. The number of amides is 1. The number of hydrogen-bond acceptors (Lipinski definition) is 4. The Hall–Kier alpha value is -0.810. The molecule has 0 rings (SSSR count). The Labute approximate surface area is 107 Å². The average Bonchev–Trinajstić information content (AvgIpc) is 2.30. The zero-order valence-electron chi connectivity index (χ0n) is 10.6. The summed E-state index contributed by atoms with van der Waals surface area (Å²) in [7, 11) is 0. The first-order chi connectivity index (χ1) is 7.97. The monoisotopic (exact) mass is 259 g/mol. The molecule has 4 nitrogen and oxygen atoms in total. The molecule has 0 saturated heterocycles. The van der Waals surface area contributed by atoms with Crippen molar-refractivity contribution in [1.82, 2.24) is 5.32 Å². The van der Waals surface area contributed by atoms with Gasteiger partial charge in [0, 0.05) is 25.1 Å². The van der Waals surface area contributed by atoms with Gasteiger partial charge in [-0.15, -0.1) is 0 Å². The number of thioether (sulfide) groups is 1. The van der Waals surface area contributed by atoms with Gasteiger partial charge in [-0.1, -0.05) is 31.7 Å². The maximum absolute atomic E-state index is 11.4. The van der Waals surface area contributed by atoms with E-state index in [1.54, 1.807) is 6.08 Å². The van der Waals surface area contributed by atoms with E-state index >= 15 is 0 Å². The molecule has 2 atom stereocenters. The van der Waals surface area contributed by atoms with Crippen LogP contribution in [-0.2, 0) is 9.59 Å². The summed E-state index contributed by atoms with van der Waals surface area (Å²) in [6, 6.07) is 0. The highest BCUT2D eigenvalue weighted by molar-refractivity contribution is 8.14. The standard InChI is InChI=1S/C12H21NO3S/c1-4-11(15)9(2)5-6-12(16)17-8-7-13-10(3)14/h5-6,9,11,15H,4,7-8H2,1-3H3,(H,13,14)/b6-5+. The van der Waals surface area contributed by atoms with Gasteiger partial charge in [0.1, 0.15) is 0 Å². The zero-order chi connectivity index (χ0) is 13.3. The van der Waals surface area contributed by atoms with Crippen molar-refractivity contribution in [1.29, 1.82) is 0 Å². The Morgan fingerprint density at radius 3 is 2.65 bits per heavy atom. The summed E-state index contributed by atoms with van der Waals surface area (Å²) in [5.74, 6) is 0.459. The van der Waals surface area contributed by atoms with Crippen LogP contribution < -0.4 is 5.32 Å². The van der Waals surface area contributed by atoms with Crippen molar-refractivity contribution >= 4 is 22.8 Å². The smallest absolute Gasteiger partial charge is 0.216 e. The van der Waals surface area contributed by atoms with Crippen LogP contribution in [0.5, 0.6) is 0 Å². The van der Waals surface area contributed by atoms with E-state index in [4.69, 9.17) is 0 Å². The van der Waals surface area contributed by atoms with Crippen LogP contribution in [-0.4, -0.2) is 34.5 Å². The highest BCUT2D eigenvalue weighted by Crippen LogP contribution is 2.10. The molecule has 0 aromatic carbocycles. The summed E-state index contributed by atoms with van der Waals surface area (Å²) in [6.07, 6.45) is 3.49. The van der Waals surface area contributed by atoms with E-state index in [9.17, 15) is 14.7 Å². The second-order valence-corrected chi connectivity index (χ2v) is 4.94. The number of aliphatic hydroxyl groups is 1. The van der Waals surface area contributed by atoms with E-state index in [1.165, 1.54) is 13.0 Å². The van der Waals surface area contributed by atoms with Gasteiger partial charge in [0.25, 0.3) is 0 Å². The first kappa shape index (κ1) is 16.2. The van der Waals surface area contributed by atoms with Crippen molar-refractivity contribution in [2.75, 3.05) is 12.3 Å². The molecule has 0 fully saturated rings. The maximum Gasteiger partial charge on any atom is 0.216 e. The molecule has 5 heteroatoms. The normalized spacial score (nSPS) is 14.6. The molecular weight excluding hydrogens is 238 g/mol. The molecular formula is C12H21NO3S. The SMILES string of the molecule is CCC(O)C(C)/C=C/C(=O)SCCNC(C)=O. The van der Waals surface area contributed by atoms with Gasteiger partial charge in [-0.25, -0.2) is 0 Å². The van der Waals surface area contributed by atoms with E-state index in [0.29, 0.717) is 18.7 Å². The summed E-state index contributed by atoms with van der Waals surface area (Å²) in [5, 5.41) is 12.1. The van der Waals surface area contributed by atoms with Crippen LogP contribution >= 0.6 is 11.8 Å². The summed E-state index contributed by atoms with van der Waals surface area (Å²) in [6.45, 7) is 5.71. The fraction of sp³-hybridized carbons (Fsp3) is 0.667. The molecule has 2 unspecified atom stereocenters. The Bertz CT molecular complexity index is 279. The highest BCUT2D eigenvalue weighted by Gasteiger charge is 2.08. The third kappa shape index (κ3) is 8.94. The minimum absolute atomic E-state index is 0.0140. The second-order valence-electron chi connectivity index (χ2n) is 3.84. The topological polar surface area (TPSA) is 66.4 Å². The molecule has 0 radical (unpaired) electrons. The van der Waals surface area contributed by atoms with Gasteiger partial charge < -0.3 is 10.4 Å². The number of aliphatic hydroxyl groups excluding tert-OH is 1. The molecule has 0 aliphatic rings. The van der Waals surface area contributed by atoms with E-state index in [0.717, 1.165) is 11.8 Å². The van der Waals surface area contributed by atoms with Crippen LogP contribution in [0.25, 0.3) is 0 Å². The van der Waals surface area contributed by atoms with E-state index in [2.05, 4.69) is 5.32 Å². The van der Waals surface area contributed by atoms with Crippen LogP contribution in [0.3, 0.4) is 0 Å². The molecule has 17 heavy (non-hydrogen) atoms. The summed E-state index contributed by atoms with van der Waals surface area (Å²) >= 11 is 1.16. The number of carbonyl (C=O) groups is 2. The van der Waals surface area contributed by atoms with Gasteiger partial charge in [-0.3, -0.25) is 9.59 Å². The number of carbonyl (C=O) groups excluding carboxylic acids is 2. The summed E-state index contributed by atoms with van der Waals surface area (Å²) < 4.78 is 0. The minimum atomic E-state index is -0.400. The Balaban J connectivity index is 3.78. The Kier molecular flexibility index (Phi) is 8.80. The van der Waals surface area contributed by atoms with E-state index < -0.39 is 6.10 Å². The van der Waals surface area contributed by atoms with Crippen molar-refractivity contribution in [3.8, 4) is 0 Å². The van der Waals surface area contributed by atoms with Crippen LogP contribution in [0.4, 0.5) is 0 Å². The molecule has 98 valence electrons. The number of nitrogens with one attached hydrogen (secondary N) is 1. The fourth-order valence-electron chi connectivity index (χ4n) is 1.16. The number of hydrogen-bond donors (Lipinski definition) is 2. The van der Waals surface area contributed by atoms with Gasteiger partial charge in [-0.2, -0.15) is 0 Å². The first-order valence-corrected chi connectivity index (χ1v) is 6.73. The predicted octanol–water partition coefficient (Wildman–Crippen LogP) is 1.35. The molecule has 0 heterocycles. The van der Waals surface area contributed by atoms with Crippen LogP contribution in [0.15, 0.2) is 12.2 Å². The highest BCUT2D eigenvalue weighted by atomic mass is 32.2. The lowest BCUT2D eigenvalue weighted by molar-refractivity contribution is -0.118. The van der Waals surface area contributed by atoms with Crippen molar-refractivity contribution in [2.24, 2.45) is 5.92 Å². The quantitative estimate of drug-likeness (QED) is 0.535. The molecule has 0 bridgehead atoms. The molecule has 2 N–H and O–H groups in total. The Morgan fingerprint density at radius 2 is 2.12 bits per heavy atom. The average molecular weight is 259 g/mol. The van der Waals surface area contributed by atoms with Gasteiger partial charge in [-0.05, 0) is 12.5 Å². The summed E-state index contributed by atoms with van der Waals surface area (Å²) in [4.78, 5) is 21.9. The van der Waals surface area contributed by atoms with Gasteiger partial charge >= 0.3 is 0 Å². The molecule has 0 spiro atoms. The zero-order valence-corrected chi connectivity index (χ0v) is 11.4. The van der Waals surface area contributed by atoms with Crippen molar-refractivity contribution in [3.05, 3.63) is 12.2 Å². The van der Waals surface area contributed by atoms with Crippen LogP contribution in [0.2, 0.25) is 0 Å². The lowest BCUT2D eigenvalue weighted by Crippen LogP contribution is -2.22. The van der Waals surface area contributed by atoms with E-state index in [1.807, 2.05) is 13.8 Å². The number of rotatable bonds is 7. The van der Waals surface area contributed by atoms with Gasteiger partial charge in [0.2, 0.25) is 11.0 Å². The molecule has 0 aliphatic heterocycles. The Morgan fingerprint density at radius 1 is 1.47 bits per heavy atom. The lowest BCUT2D eigenvalue weighted by atomic mass is 10.0. The largest absolute Gasteiger partial charge is 0.393 e. The first-order valence-electron chi connectivity index (χ1n) is 5.74. The maximum atomic E-state index is 11.4. The molecule has 0 aromatic rings. The predicted molar refractivity (Wildman–Crippen MR) is 70.8 cm³/mol. The summed E-state index contributed by atoms with van der Waals surface area (Å²) in [5.41, 5.74) is 0. The molecule has 0 aliphatic carbocycles. The lowest BCUT2D eigenvalue weighted by Gasteiger charge is -2.12. The third-order valence-electron chi connectivity index (χ3n) is 2.28. The molecule has 1 amide bonds. The van der Waals surface area contributed by atoms with Crippen LogP contribution in [0.1, 0.15) is 27.2 Å². The fourth-order valence-corrected chi connectivity index (χ4v) is 1.74. The van der Waals surface area contributed by atoms with Crippen molar-refractivity contribution in [2.45, 2.75) is 33.3 Å². The van der Waals surface area contributed by atoms with Crippen LogP contribution in [0, 0.1) is 5.92 Å². The molecule has 0 saturated carbocycles. The second kappa shape index (κ2) is 9.24. The van der Waals surface area contributed by atoms with Crippen molar-refractivity contribution in [3.63, 3.8) is 0 Å². The third-order valence-corrected chi connectivity index (χ3v) is 3.11. The molecule has 0 aromatic heterocycles. The van der Waals surface area contributed by atoms with E-state index in [-0.39, 0.29) is 16.9 Å². The van der Waals surface area contributed by atoms with Gasteiger partial charge in [0.05, 0.1) is 6.10 Å². The van der Waals surface area contributed by atoms with Gasteiger partial charge in [0.15, 0.2) is 0 Å².